The first-order chi connectivity index (χ1) is 8.20. The van der Waals surface area contributed by atoms with Gasteiger partial charge in [-0.05, 0) is 36.1 Å². The van der Waals surface area contributed by atoms with E-state index in [9.17, 15) is 0 Å². The molecule has 1 aromatic heterocycles. The molecule has 1 heterocycles. The number of hydrogen-bond acceptors (Lipinski definition) is 1. The zero-order valence-electron chi connectivity index (χ0n) is 9.78. The molecule has 90 valence electrons. The van der Waals surface area contributed by atoms with E-state index in [4.69, 9.17) is 16.7 Å². The molecule has 0 bridgehead atoms. The van der Waals surface area contributed by atoms with Crippen LogP contribution < -0.4 is 0 Å². The van der Waals surface area contributed by atoms with Gasteiger partial charge in [0, 0.05) is 29.1 Å². The molecule has 1 aromatic carbocycles. The quantitative estimate of drug-likeness (QED) is 0.855. The maximum absolute atomic E-state index is 9.10. The smallest absolute Gasteiger partial charge is 0.0460 e. The molecule has 0 aliphatic rings. The van der Waals surface area contributed by atoms with Gasteiger partial charge in [0.05, 0.1) is 0 Å². The highest BCUT2D eigenvalue weighted by Crippen LogP contribution is 2.26. The SMILES string of the molecule is CC(CO)Cc1[nH]ccc1-c1ccc(Cl)cc1. The Morgan fingerprint density at radius 2 is 1.94 bits per heavy atom. The molecule has 0 aliphatic heterocycles. The van der Waals surface area contributed by atoms with Gasteiger partial charge in [0.15, 0.2) is 0 Å². The Kier molecular flexibility index (Phi) is 3.87. The monoisotopic (exact) mass is 249 g/mol. The first-order valence-electron chi connectivity index (χ1n) is 5.73. The molecular formula is C14H16ClNO. The summed E-state index contributed by atoms with van der Waals surface area (Å²) < 4.78 is 0. The second-order valence-corrected chi connectivity index (χ2v) is 4.81. The van der Waals surface area contributed by atoms with Gasteiger partial charge < -0.3 is 10.1 Å². The van der Waals surface area contributed by atoms with Crippen LogP contribution in [0.5, 0.6) is 0 Å². The van der Waals surface area contributed by atoms with E-state index >= 15 is 0 Å². The van der Waals surface area contributed by atoms with Crippen molar-refractivity contribution in [1.82, 2.24) is 4.98 Å². The molecule has 1 atom stereocenters. The van der Waals surface area contributed by atoms with Gasteiger partial charge in [0.1, 0.15) is 0 Å². The first kappa shape index (κ1) is 12.2. The predicted octanol–water partition coefficient (Wildman–Crippen LogP) is 3.51. The van der Waals surface area contributed by atoms with Crippen molar-refractivity contribution in [1.29, 1.82) is 0 Å². The van der Waals surface area contributed by atoms with E-state index in [2.05, 4.69) is 11.1 Å². The molecule has 0 fully saturated rings. The van der Waals surface area contributed by atoms with Crippen molar-refractivity contribution < 1.29 is 5.11 Å². The molecule has 2 rings (SSSR count). The zero-order chi connectivity index (χ0) is 12.3. The molecule has 0 radical (unpaired) electrons. The van der Waals surface area contributed by atoms with E-state index in [0.29, 0.717) is 0 Å². The lowest BCUT2D eigenvalue weighted by atomic mass is 10.00. The molecule has 2 aromatic rings. The fraction of sp³-hybridized carbons (Fsp3) is 0.286. The fourth-order valence-electron chi connectivity index (χ4n) is 1.89. The summed E-state index contributed by atoms with van der Waals surface area (Å²) in [5.41, 5.74) is 3.49. The summed E-state index contributed by atoms with van der Waals surface area (Å²) in [6, 6.07) is 9.87. The van der Waals surface area contributed by atoms with Crippen LogP contribution in [0.1, 0.15) is 12.6 Å². The summed E-state index contributed by atoms with van der Waals surface area (Å²) in [6.07, 6.45) is 2.78. The maximum atomic E-state index is 9.10. The number of aliphatic hydroxyl groups is 1. The van der Waals surface area contributed by atoms with E-state index in [0.717, 1.165) is 22.7 Å². The molecule has 2 nitrogen and oxygen atoms in total. The van der Waals surface area contributed by atoms with Crippen molar-refractivity contribution in [2.45, 2.75) is 13.3 Å². The van der Waals surface area contributed by atoms with Crippen LogP contribution in [-0.4, -0.2) is 16.7 Å². The molecule has 1 unspecified atom stereocenters. The second-order valence-electron chi connectivity index (χ2n) is 4.37. The van der Waals surface area contributed by atoms with Crippen LogP contribution in [0, 0.1) is 5.92 Å². The summed E-state index contributed by atoms with van der Waals surface area (Å²) >= 11 is 5.88. The highest BCUT2D eigenvalue weighted by atomic mass is 35.5. The van der Waals surface area contributed by atoms with Gasteiger partial charge in [-0.2, -0.15) is 0 Å². The Morgan fingerprint density at radius 1 is 1.24 bits per heavy atom. The number of hydrogen-bond donors (Lipinski definition) is 2. The largest absolute Gasteiger partial charge is 0.396 e. The van der Waals surface area contributed by atoms with Crippen molar-refractivity contribution in [2.75, 3.05) is 6.61 Å². The number of aromatic nitrogens is 1. The van der Waals surface area contributed by atoms with Gasteiger partial charge in [-0.25, -0.2) is 0 Å². The zero-order valence-corrected chi connectivity index (χ0v) is 10.5. The summed E-state index contributed by atoms with van der Waals surface area (Å²) in [4.78, 5) is 3.24. The van der Waals surface area contributed by atoms with Crippen molar-refractivity contribution in [3.05, 3.63) is 47.2 Å². The third-order valence-corrected chi connectivity index (χ3v) is 3.10. The summed E-state index contributed by atoms with van der Waals surface area (Å²) in [7, 11) is 0. The van der Waals surface area contributed by atoms with Gasteiger partial charge >= 0.3 is 0 Å². The van der Waals surface area contributed by atoms with Crippen molar-refractivity contribution in [3.8, 4) is 11.1 Å². The van der Waals surface area contributed by atoms with Crippen LogP contribution in [0.25, 0.3) is 11.1 Å². The Labute approximate surface area is 106 Å². The number of benzene rings is 1. The normalized spacial score (nSPS) is 12.6. The topological polar surface area (TPSA) is 36.0 Å². The van der Waals surface area contributed by atoms with E-state index < -0.39 is 0 Å². The van der Waals surface area contributed by atoms with Gasteiger partial charge in [-0.3, -0.25) is 0 Å². The number of aliphatic hydroxyl groups excluding tert-OH is 1. The number of nitrogens with one attached hydrogen (secondary N) is 1. The first-order valence-corrected chi connectivity index (χ1v) is 6.11. The van der Waals surface area contributed by atoms with Crippen molar-refractivity contribution >= 4 is 11.6 Å². The number of aromatic amines is 1. The lowest BCUT2D eigenvalue weighted by molar-refractivity contribution is 0.236. The van der Waals surface area contributed by atoms with E-state index in [1.807, 2.05) is 37.4 Å². The minimum atomic E-state index is 0.207. The van der Waals surface area contributed by atoms with Crippen molar-refractivity contribution in [3.63, 3.8) is 0 Å². The van der Waals surface area contributed by atoms with Crippen LogP contribution in [-0.2, 0) is 6.42 Å². The number of halogens is 1. The Balaban J connectivity index is 2.27. The molecular weight excluding hydrogens is 234 g/mol. The summed E-state index contributed by atoms with van der Waals surface area (Å²) in [5.74, 6) is 0.264. The van der Waals surface area contributed by atoms with Crippen LogP contribution in [0.3, 0.4) is 0 Å². The van der Waals surface area contributed by atoms with Crippen LogP contribution in [0.2, 0.25) is 5.02 Å². The minimum Gasteiger partial charge on any atom is -0.396 e. The van der Waals surface area contributed by atoms with E-state index in [1.54, 1.807) is 0 Å². The number of rotatable bonds is 4. The maximum Gasteiger partial charge on any atom is 0.0460 e. The standard InChI is InChI=1S/C14H16ClNO/c1-10(9-17)8-14-13(6-7-16-14)11-2-4-12(15)5-3-11/h2-7,10,16-17H,8-9H2,1H3. The molecule has 0 aliphatic carbocycles. The molecule has 0 spiro atoms. The third-order valence-electron chi connectivity index (χ3n) is 2.85. The molecule has 0 saturated heterocycles. The third kappa shape index (κ3) is 2.90. The highest BCUT2D eigenvalue weighted by molar-refractivity contribution is 6.30. The lowest BCUT2D eigenvalue weighted by Gasteiger charge is -2.09. The van der Waals surface area contributed by atoms with Crippen LogP contribution in [0.15, 0.2) is 36.5 Å². The molecule has 3 heteroatoms. The van der Waals surface area contributed by atoms with Gasteiger partial charge in [-0.15, -0.1) is 0 Å². The minimum absolute atomic E-state index is 0.207. The Morgan fingerprint density at radius 3 is 2.59 bits per heavy atom. The molecule has 2 N–H and O–H groups in total. The second kappa shape index (κ2) is 5.39. The Bertz CT molecular complexity index is 475. The number of H-pyrrole nitrogens is 1. The summed E-state index contributed by atoms with van der Waals surface area (Å²) in [6.45, 7) is 2.24. The van der Waals surface area contributed by atoms with Crippen LogP contribution >= 0.6 is 11.6 Å². The highest BCUT2D eigenvalue weighted by Gasteiger charge is 2.09. The lowest BCUT2D eigenvalue weighted by Crippen LogP contribution is -2.05. The van der Waals surface area contributed by atoms with Gasteiger partial charge in [0.25, 0.3) is 0 Å². The van der Waals surface area contributed by atoms with Crippen LogP contribution in [0.4, 0.5) is 0 Å². The summed E-state index contributed by atoms with van der Waals surface area (Å²) in [5, 5.41) is 9.85. The fourth-order valence-corrected chi connectivity index (χ4v) is 2.01. The van der Waals surface area contributed by atoms with Crippen molar-refractivity contribution in [2.24, 2.45) is 5.92 Å². The van der Waals surface area contributed by atoms with E-state index in [-0.39, 0.29) is 12.5 Å². The molecule has 17 heavy (non-hydrogen) atoms. The average molecular weight is 250 g/mol. The molecule has 0 saturated carbocycles. The van der Waals surface area contributed by atoms with Gasteiger partial charge in [-0.1, -0.05) is 30.7 Å². The average Bonchev–Trinajstić information content (AvgIpc) is 2.78. The molecule has 0 amide bonds. The van der Waals surface area contributed by atoms with Gasteiger partial charge in [0.2, 0.25) is 0 Å². The predicted molar refractivity (Wildman–Crippen MR) is 71.2 cm³/mol. The Hall–Kier alpha value is -1.25. The van der Waals surface area contributed by atoms with E-state index in [1.165, 1.54) is 5.56 Å².